The molecule has 2 rings (SSSR count). The van der Waals surface area contributed by atoms with Crippen LogP contribution < -0.4 is 0 Å². The summed E-state index contributed by atoms with van der Waals surface area (Å²) in [5.41, 5.74) is 0. The summed E-state index contributed by atoms with van der Waals surface area (Å²) in [6, 6.07) is 0. The summed E-state index contributed by atoms with van der Waals surface area (Å²) < 4.78 is 12.3. The molecule has 0 amide bonds. The molecule has 3 atom stereocenters. The maximum Gasteiger partial charge on any atom is 0.192 e. The summed E-state index contributed by atoms with van der Waals surface area (Å²) in [4.78, 5) is 0. The molecular formula is C16H32O3Si. The highest BCUT2D eigenvalue weighted by Crippen LogP contribution is 2.39. The molecule has 1 aliphatic heterocycles. The van der Waals surface area contributed by atoms with Crippen LogP contribution in [0, 0.1) is 5.92 Å². The SMILES string of the molecule is CC(C)(C)[Si](C)(C)OC[C@H]1O[C@@H](C2CCCC2)CC1O. The minimum atomic E-state index is -1.75. The Morgan fingerprint density at radius 3 is 2.35 bits per heavy atom. The van der Waals surface area contributed by atoms with Gasteiger partial charge in [-0.05, 0) is 36.9 Å². The van der Waals surface area contributed by atoms with Gasteiger partial charge in [0.15, 0.2) is 8.32 Å². The Bertz CT molecular complexity index is 318. The van der Waals surface area contributed by atoms with Crippen molar-refractivity contribution in [2.75, 3.05) is 6.61 Å². The molecule has 0 aromatic heterocycles. The Hall–Kier alpha value is 0.0969. The number of aliphatic hydroxyl groups is 1. The van der Waals surface area contributed by atoms with Gasteiger partial charge < -0.3 is 14.3 Å². The third kappa shape index (κ3) is 3.64. The van der Waals surface area contributed by atoms with Crippen LogP contribution in [0.1, 0.15) is 52.9 Å². The van der Waals surface area contributed by atoms with Crippen LogP contribution in [-0.4, -0.2) is 38.3 Å². The van der Waals surface area contributed by atoms with E-state index in [0.717, 1.165) is 6.42 Å². The van der Waals surface area contributed by atoms with Crippen LogP contribution in [0.2, 0.25) is 18.1 Å². The highest BCUT2D eigenvalue weighted by atomic mass is 28.4. The number of hydrogen-bond acceptors (Lipinski definition) is 3. The van der Waals surface area contributed by atoms with Gasteiger partial charge in [-0.15, -0.1) is 0 Å². The maximum absolute atomic E-state index is 10.2. The van der Waals surface area contributed by atoms with E-state index in [0.29, 0.717) is 12.5 Å². The lowest BCUT2D eigenvalue weighted by Crippen LogP contribution is -2.44. The summed E-state index contributed by atoms with van der Waals surface area (Å²) in [7, 11) is -1.75. The Labute approximate surface area is 125 Å². The van der Waals surface area contributed by atoms with Gasteiger partial charge in [0, 0.05) is 6.42 Å². The van der Waals surface area contributed by atoms with E-state index in [2.05, 4.69) is 33.9 Å². The van der Waals surface area contributed by atoms with Crippen molar-refractivity contribution < 1.29 is 14.3 Å². The molecule has 0 spiro atoms. The van der Waals surface area contributed by atoms with Gasteiger partial charge in [-0.1, -0.05) is 33.6 Å². The molecule has 118 valence electrons. The first-order valence-electron chi connectivity index (χ1n) is 8.18. The summed E-state index contributed by atoms with van der Waals surface area (Å²) in [5.74, 6) is 0.669. The molecular weight excluding hydrogens is 268 g/mol. The van der Waals surface area contributed by atoms with Gasteiger partial charge in [0.25, 0.3) is 0 Å². The van der Waals surface area contributed by atoms with Crippen LogP contribution in [0.3, 0.4) is 0 Å². The molecule has 0 radical (unpaired) electrons. The maximum atomic E-state index is 10.2. The van der Waals surface area contributed by atoms with Crippen molar-refractivity contribution in [2.45, 2.75) is 89.3 Å². The normalized spacial score (nSPS) is 33.0. The summed E-state index contributed by atoms with van der Waals surface area (Å²) in [6.07, 6.45) is 5.80. The second-order valence-corrected chi connectivity index (χ2v) is 12.9. The summed E-state index contributed by atoms with van der Waals surface area (Å²) >= 11 is 0. The first kappa shape index (κ1) is 16.5. The Morgan fingerprint density at radius 1 is 1.20 bits per heavy atom. The van der Waals surface area contributed by atoms with Crippen molar-refractivity contribution in [1.82, 2.24) is 0 Å². The number of ether oxygens (including phenoxy) is 1. The summed E-state index contributed by atoms with van der Waals surface area (Å²) in [5, 5.41) is 10.4. The van der Waals surface area contributed by atoms with Gasteiger partial charge >= 0.3 is 0 Å². The van der Waals surface area contributed by atoms with Crippen LogP contribution in [0.25, 0.3) is 0 Å². The minimum absolute atomic E-state index is 0.116. The van der Waals surface area contributed by atoms with Gasteiger partial charge in [0.2, 0.25) is 0 Å². The topological polar surface area (TPSA) is 38.7 Å². The lowest BCUT2D eigenvalue weighted by molar-refractivity contribution is -0.0344. The molecule has 2 fully saturated rings. The van der Waals surface area contributed by atoms with E-state index in [1.54, 1.807) is 0 Å². The zero-order valence-corrected chi connectivity index (χ0v) is 14.8. The highest BCUT2D eigenvalue weighted by Gasteiger charge is 2.42. The quantitative estimate of drug-likeness (QED) is 0.804. The van der Waals surface area contributed by atoms with Gasteiger partial charge in [0.1, 0.15) is 6.10 Å². The first-order valence-corrected chi connectivity index (χ1v) is 11.1. The van der Waals surface area contributed by atoms with Crippen LogP contribution >= 0.6 is 0 Å². The molecule has 0 aromatic carbocycles. The van der Waals surface area contributed by atoms with E-state index in [-0.39, 0.29) is 23.4 Å². The molecule has 1 N–H and O–H groups in total. The predicted octanol–water partition coefficient (Wildman–Crippen LogP) is 3.72. The van der Waals surface area contributed by atoms with E-state index in [1.165, 1.54) is 25.7 Å². The number of rotatable bonds is 4. The zero-order chi connectivity index (χ0) is 15.0. The Kier molecular flexibility index (Phi) is 5.00. The molecule has 3 nitrogen and oxygen atoms in total. The molecule has 1 saturated carbocycles. The van der Waals surface area contributed by atoms with Crippen molar-refractivity contribution in [2.24, 2.45) is 5.92 Å². The van der Waals surface area contributed by atoms with Gasteiger partial charge in [-0.25, -0.2) is 0 Å². The molecule has 1 saturated heterocycles. The fourth-order valence-corrected chi connectivity index (χ4v) is 4.06. The van der Waals surface area contributed by atoms with Crippen LogP contribution in [0.15, 0.2) is 0 Å². The second-order valence-electron chi connectivity index (χ2n) is 8.13. The third-order valence-corrected chi connectivity index (χ3v) is 10.1. The van der Waals surface area contributed by atoms with E-state index < -0.39 is 8.32 Å². The predicted molar refractivity (Wildman–Crippen MR) is 84.4 cm³/mol. The molecule has 1 heterocycles. The van der Waals surface area contributed by atoms with Crippen LogP contribution in [-0.2, 0) is 9.16 Å². The van der Waals surface area contributed by atoms with Crippen LogP contribution in [0.4, 0.5) is 0 Å². The van der Waals surface area contributed by atoms with E-state index in [1.807, 2.05) is 0 Å². The monoisotopic (exact) mass is 300 g/mol. The smallest absolute Gasteiger partial charge is 0.192 e. The first-order chi connectivity index (χ1) is 9.21. The van der Waals surface area contributed by atoms with Crippen molar-refractivity contribution in [1.29, 1.82) is 0 Å². The Morgan fingerprint density at radius 2 is 1.80 bits per heavy atom. The molecule has 0 bridgehead atoms. The van der Waals surface area contributed by atoms with Gasteiger partial charge in [-0.2, -0.15) is 0 Å². The molecule has 0 aromatic rings. The van der Waals surface area contributed by atoms with E-state index in [9.17, 15) is 5.11 Å². The number of aliphatic hydroxyl groups excluding tert-OH is 1. The van der Waals surface area contributed by atoms with Crippen molar-refractivity contribution in [3.8, 4) is 0 Å². The third-order valence-electron chi connectivity index (χ3n) is 5.59. The molecule has 2 aliphatic rings. The largest absolute Gasteiger partial charge is 0.414 e. The molecule has 1 unspecified atom stereocenters. The van der Waals surface area contributed by atoms with Crippen molar-refractivity contribution in [3.05, 3.63) is 0 Å². The number of hydrogen-bond donors (Lipinski definition) is 1. The van der Waals surface area contributed by atoms with E-state index in [4.69, 9.17) is 9.16 Å². The lowest BCUT2D eigenvalue weighted by atomic mass is 9.97. The molecule has 20 heavy (non-hydrogen) atoms. The lowest BCUT2D eigenvalue weighted by Gasteiger charge is -2.37. The Balaban J connectivity index is 1.84. The fourth-order valence-electron chi connectivity index (χ4n) is 3.05. The average Bonchev–Trinajstić information content (AvgIpc) is 2.94. The second kappa shape index (κ2) is 6.07. The molecule has 1 aliphatic carbocycles. The van der Waals surface area contributed by atoms with Gasteiger partial charge in [-0.3, -0.25) is 0 Å². The zero-order valence-electron chi connectivity index (χ0n) is 13.8. The fraction of sp³-hybridized carbons (Fsp3) is 1.00. The molecule has 4 heteroatoms. The van der Waals surface area contributed by atoms with Crippen molar-refractivity contribution >= 4 is 8.32 Å². The van der Waals surface area contributed by atoms with E-state index >= 15 is 0 Å². The van der Waals surface area contributed by atoms with Crippen LogP contribution in [0.5, 0.6) is 0 Å². The highest BCUT2D eigenvalue weighted by molar-refractivity contribution is 6.74. The van der Waals surface area contributed by atoms with Crippen molar-refractivity contribution in [3.63, 3.8) is 0 Å². The standard InChI is InChI=1S/C16H32O3Si/c1-16(2,3)20(4,5)18-11-15-13(17)10-14(19-15)12-8-6-7-9-12/h12-15,17H,6-11H2,1-5H3/t13?,14-,15-/m1/s1. The summed E-state index contributed by atoms with van der Waals surface area (Å²) in [6.45, 7) is 11.8. The minimum Gasteiger partial charge on any atom is -0.414 e. The average molecular weight is 301 g/mol. The van der Waals surface area contributed by atoms with Gasteiger partial charge in [0.05, 0.1) is 18.8 Å².